The molecule has 2 N–H and O–H groups in total. The van der Waals surface area contributed by atoms with Crippen LogP contribution in [0.25, 0.3) is 38.0 Å². The number of para-hydroxylation sites is 1. The molecule has 4 aromatic heterocycles. The van der Waals surface area contributed by atoms with Crippen molar-refractivity contribution in [2.45, 2.75) is 36.6 Å². The van der Waals surface area contributed by atoms with Gasteiger partial charge >= 0.3 is 0 Å². The van der Waals surface area contributed by atoms with Crippen molar-refractivity contribution < 1.29 is 9.59 Å². The molecule has 0 aliphatic heterocycles. The molecule has 0 unspecified atom stereocenters. The van der Waals surface area contributed by atoms with Crippen molar-refractivity contribution >= 4 is 75.6 Å². The van der Waals surface area contributed by atoms with Gasteiger partial charge in [-0.2, -0.15) is 0 Å². The van der Waals surface area contributed by atoms with Gasteiger partial charge in [0.05, 0.1) is 21.3 Å². The number of thiophene rings is 2. The lowest BCUT2D eigenvalue weighted by Gasteiger charge is -2.24. The summed E-state index contributed by atoms with van der Waals surface area (Å²) in [4.78, 5) is 28.3. The fraction of sp³-hybridized carbons (Fsp3) is 0.176. The van der Waals surface area contributed by atoms with Crippen molar-refractivity contribution in [3.05, 3.63) is 90.8 Å². The zero-order valence-corrected chi connectivity index (χ0v) is 29.7. The third-order valence-electron chi connectivity index (χ3n) is 6.89. The molecule has 0 bridgehead atoms. The van der Waals surface area contributed by atoms with E-state index in [-0.39, 0.29) is 28.9 Å². The fourth-order valence-corrected chi connectivity index (χ4v) is 8.09. The second kappa shape index (κ2) is 14.7. The average Bonchev–Trinajstić information content (AvgIpc) is 3.89. The molecule has 4 heterocycles. The Bertz CT molecular complexity index is 2020. The summed E-state index contributed by atoms with van der Waals surface area (Å²) in [7, 11) is 0. The van der Waals surface area contributed by atoms with Crippen LogP contribution in [-0.4, -0.2) is 52.8 Å². The largest absolute Gasteiger partial charge is 0.325 e. The third-order valence-corrected chi connectivity index (χ3v) is 10.8. The van der Waals surface area contributed by atoms with Crippen molar-refractivity contribution in [2.24, 2.45) is 0 Å². The van der Waals surface area contributed by atoms with Crippen LogP contribution in [0.2, 0.25) is 0 Å². The lowest BCUT2D eigenvalue weighted by Crippen LogP contribution is -2.24. The SMILES string of the molecule is C=Cn1c(SCC(=O)Nc2ccccc2)nnc1-c1ccc(-c2ccc(NC(=O)CSc3nnc(-c4cccs4)n3C(C)(C)C)cc2)s1. The Morgan fingerprint density at radius 2 is 1.38 bits per heavy atom. The predicted molar refractivity (Wildman–Crippen MR) is 199 cm³/mol. The smallest absolute Gasteiger partial charge is 0.234 e. The first-order valence-corrected chi connectivity index (χ1v) is 18.5. The molecule has 6 rings (SSSR count). The molecular formula is C34H32N8O2S4. The number of amides is 2. The number of carbonyl (C=O) groups excluding carboxylic acids is 2. The summed E-state index contributed by atoms with van der Waals surface area (Å²) in [5.74, 6) is 1.60. The minimum absolute atomic E-state index is 0.123. The zero-order chi connectivity index (χ0) is 33.7. The van der Waals surface area contributed by atoms with Gasteiger partial charge in [-0.3, -0.25) is 18.7 Å². The minimum atomic E-state index is -0.248. The first kappa shape index (κ1) is 33.4. The highest BCUT2D eigenvalue weighted by Gasteiger charge is 2.25. The van der Waals surface area contributed by atoms with Crippen LogP contribution in [-0.2, 0) is 15.1 Å². The first-order chi connectivity index (χ1) is 23.2. The molecule has 0 saturated heterocycles. The second-order valence-corrected chi connectivity index (χ2v) is 15.3. The molecule has 0 aliphatic rings. The molecule has 0 radical (unpaired) electrons. The molecule has 10 nitrogen and oxygen atoms in total. The molecule has 6 aromatic rings. The molecule has 0 saturated carbocycles. The van der Waals surface area contributed by atoms with Gasteiger partial charge in [0.1, 0.15) is 0 Å². The van der Waals surface area contributed by atoms with E-state index in [4.69, 9.17) is 0 Å². The monoisotopic (exact) mass is 712 g/mol. The number of nitrogens with zero attached hydrogens (tertiary/aromatic N) is 6. The van der Waals surface area contributed by atoms with Crippen LogP contribution >= 0.6 is 46.2 Å². The Morgan fingerprint density at radius 1 is 0.750 bits per heavy atom. The van der Waals surface area contributed by atoms with E-state index in [1.807, 2.05) is 84.2 Å². The topological polar surface area (TPSA) is 120 Å². The first-order valence-electron chi connectivity index (χ1n) is 14.9. The van der Waals surface area contributed by atoms with Gasteiger partial charge in [-0.15, -0.1) is 43.1 Å². The molecular weight excluding hydrogens is 681 g/mol. The Kier molecular flexibility index (Phi) is 10.2. The number of nitrogens with one attached hydrogen (secondary N) is 2. The number of benzene rings is 2. The summed E-state index contributed by atoms with van der Waals surface area (Å²) < 4.78 is 3.88. The van der Waals surface area contributed by atoms with Gasteiger partial charge in [-0.1, -0.05) is 66.5 Å². The standard InChI is InChI=1S/C34H32N8O2S4/c1-5-41-30(37-39-32(41)46-20-28(43)35-23-10-7-6-8-11-23)27-18-17-25(48-27)22-13-15-24(16-14-22)36-29(44)21-47-33-40-38-31(26-12-9-19-45-26)42(33)34(2,3)4/h5-19H,1,20-21H2,2-4H3,(H,35,43)(H,36,44). The zero-order valence-electron chi connectivity index (χ0n) is 26.4. The van der Waals surface area contributed by atoms with Gasteiger partial charge in [0.15, 0.2) is 22.0 Å². The molecule has 14 heteroatoms. The Hall–Kier alpha value is -4.50. The molecule has 0 aliphatic carbocycles. The molecule has 244 valence electrons. The predicted octanol–water partition coefficient (Wildman–Crippen LogP) is 8.31. The van der Waals surface area contributed by atoms with E-state index >= 15 is 0 Å². The summed E-state index contributed by atoms with van der Waals surface area (Å²) in [5.41, 5.74) is 2.22. The number of carbonyl (C=O) groups is 2. The molecule has 2 amide bonds. The van der Waals surface area contributed by atoms with Gasteiger partial charge in [0.25, 0.3) is 0 Å². The maximum atomic E-state index is 12.9. The summed E-state index contributed by atoms with van der Waals surface area (Å²) in [6.45, 7) is 10.2. The van der Waals surface area contributed by atoms with Crippen molar-refractivity contribution in [3.8, 4) is 31.8 Å². The normalized spacial score (nSPS) is 11.4. The van der Waals surface area contributed by atoms with Crippen molar-refractivity contribution in [1.82, 2.24) is 29.5 Å². The maximum absolute atomic E-state index is 12.9. The van der Waals surface area contributed by atoms with E-state index in [1.54, 1.807) is 33.4 Å². The van der Waals surface area contributed by atoms with E-state index in [9.17, 15) is 9.59 Å². The van der Waals surface area contributed by atoms with Crippen LogP contribution in [0.4, 0.5) is 11.4 Å². The van der Waals surface area contributed by atoms with Crippen LogP contribution in [0.3, 0.4) is 0 Å². The summed E-state index contributed by atoms with van der Waals surface area (Å²) in [6, 6.07) is 25.1. The molecule has 0 fully saturated rings. The Balaban J connectivity index is 1.06. The minimum Gasteiger partial charge on any atom is -0.325 e. The maximum Gasteiger partial charge on any atom is 0.234 e. The summed E-state index contributed by atoms with van der Waals surface area (Å²) in [5, 5.41) is 26.7. The molecule has 2 aromatic carbocycles. The fourth-order valence-electron chi connectivity index (χ4n) is 4.75. The molecule has 0 spiro atoms. The summed E-state index contributed by atoms with van der Waals surface area (Å²) in [6.07, 6.45) is 1.65. The van der Waals surface area contributed by atoms with E-state index in [2.05, 4.69) is 62.9 Å². The molecule has 48 heavy (non-hydrogen) atoms. The number of anilines is 2. The highest BCUT2D eigenvalue weighted by atomic mass is 32.2. The van der Waals surface area contributed by atoms with Gasteiger partial charge in [-0.25, -0.2) is 0 Å². The second-order valence-electron chi connectivity index (χ2n) is 11.4. The van der Waals surface area contributed by atoms with Crippen LogP contribution in [0.15, 0.2) is 101 Å². The quantitative estimate of drug-likeness (QED) is 0.122. The van der Waals surface area contributed by atoms with Crippen LogP contribution in [0, 0.1) is 0 Å². The Labute approximate surface area is 294 Å². The lowest BCUT2D eigenvalue weighted by molar-refractivity contribution is -0.114. The van der Waals surface area contributed by atoms with Crippen LogP contribution in [0.5, 0.6) is 0 Å². The van der Waals surface area contributed by atoms with Gasteiger partial charge in [0.2, 0.25) is 11.8 Å². The number of hydrogen-bond acceptors (Lipinski definition) is 10. The Morgan fingerprint density at radius 3 is 2.02 bits per heavy atom. The van der Waals surface area contributed by atoms with Gasteiger partial charge in [0, 0.05) is 28.0 Å². The summed E-state index contributed by atoms with van der Waals surface area (Å²) >= 11 is 5.86. The third kappa shape index (κ3) is 7.79. The van der Waals surface area contributed by atoms with Gasteiger partial charge < -0.3 is 10.6 Å². The van der Waals surface area contributed by atoms with E-state index in [0.717, 1.165) is 31.7 Å². The highest BCUT2D eigenvalue weighted by Crippen LogP contribution is 2.36. The number of rotatable bonds is 12. The average molecular weight is 713 g/mol. The van der Waals surface area contributed by atoms with Crippen molar-refractivity contribution in [1.29, 1.82) is 0 Å². The van der Waals surface area contributed by atoms with Gasteiger partial charge in [-0.05, 0) is 74.2 Å². The van der Waals surface area contributed by atoms with Crippen LogP contribution in [0.1, 0.15) is 20.8 Å². The number of aromatic nitrogens is 6. The van der Waals surface area contributed by atoms with E-state index < -0.39 is 0 Å². The molecule has 0 atom stereocenters. The number of thioether (sulfide) groups is 2. The van der Waals surface area contributed by atoms with Crippen molar-refractivity contribution in [2.75, 3.05) is 22.1 Å². The highest BCUT2D eigenvalue weighted by molar-refractivity contribution is 8.00. The van der Waals surface area contributed by atoms with Crippen molar-refractivity contribution in [3.63, 3.8) is 0 Å². The van der Waals surface area contributed by atoms with E-state index in [1.165, 1.54) is 23.5 Å². The van der Waals surface area contributed by atoms with E-state index in [0.29, 0.717) is 21.8 Å². The van der Waals surface area contributed by atoms with Crippen LogP contribution < -0.4 is 10.6 Å². The lowest BCUT2D eigenvalue weighted by atomic mass is 10.1. The number of hydrogen-bond donors (Lipinski definition) is 2.